The molecule has 0 bridgehead atoms. The molecular formula is C19H21N7. The van der Waals surface area contributed by atoms with Gasteiger partial charge in [0.15, 0.2) is 0 Å². The van der Waals surface area contributed by atoms with Crippen LogP contribution >= 0.6 is 0 Å². The lowest BCUT2D eigenvalue weighted by atomic mass is 10.1. The number of anilines is 3. The second-order valence-corrected chi connectivity index (χ2v) is 5.87. The molecule has 26 heavy (non-hydrogen) atoms. The molecular weight excluding hydrogens is 326 g/mol. The van der Waals surface area contributed by atoms with E-state index in [0.717, 1.165) is 18.5 Å². The SMILES string of the molecule is N=C(N)c1ccc(-c2cc(NCCc3ccccc3)nc(N)n2)cc1N. The molecule has 3 rings (SSSR count). The van der Waals surface area contributed by atoms with Crippen LogP contribution in [0.4, 0.5) is 17.5 Å². The number of rotatable bonds is 6. The molecule has 0 saturated heterocycles. The molecule has 2 aromatic carbocycles. The molecule has 0 saturated carbocycles. The molecule has 0 aliphatic carbocycles. The summed E-state index contributed by atoms with van der Waals surface area (Å²) in [5.41, 5.74) is 20.9. The molecule has 1 aromatic heterocycles. The number of amidine groups is 1. The smallest absolute Gasteiger partial charge is 0.222 e. The first-order valence-electron chi connectivity index (χ1n) is 8.19. The van der Waals surface area contributed by atoms with Gasteiger partial charge in [0.2, 0.25) is 5.95 Å². The third-order valence-electron chi connectivity index (χ3n) is 3.94. The summed E-state index contributed by atoms with van der Waals surface area (Å²) < 4.78 is 0. The lowest BCUT2D eigenvalue weighted by molar-refractivity contribution is 1.00. The van der Waals surface area contributed by atoms with Crippen molar-refractivity contribution < 1.29 is 0 Å². The minimum Gasteiger partial charge on any atom is -0.398 e. The Labute approximate surface area is 151 Å². The van der Waals surface area contributed by atoms with Crippen molar-refractivity contribution in [1.82, 2.24) is 9.97 Å². The predicted molar refractivity (Wildman–Crippen MR) is 106 cm³/mol. The molecule has 0 amide bonds. The van der Waals surface area contributed by atoms with Gasteiger partial charge in [-0.1, -0.05) is 36.4 Å². The average molecular weight is 347 g/mol. The maximum Gasteiger partial charge on any atom is 0.222 e. The minimum absolute atomic E-state index is 0.0699. The highest BCUT2D eigenvalue weighted by atomic mass is 15.1. The molecule has 132 valence electrons. The number of nitrogen functional groups attached to an aromatic ring is 3. The quantitative estimate of drug-likeness (QED) is 0.263. The van der Waals surface area contributed by atoms with E-state index < -0.39 is 0 Å². The summed E-state index contributed by atoms with van der Waals surface area (Å²) in [5, 5.41) is 10.8. The summed E-state index contributed by atoms with van der Waals surface area (Å²) >= 11 is 0. The second-order valence-electron chi connectivity index (χ2n) is 5.87. The standard InChI is InChI=1S/C19H21N7/c20-15-10-13(6-7-14(15)18(21)22)16-11-17(26-19(23)25-16)24-9-8-12-4-2-1-3-5-12/h1-7,10-11H,8-9,20H2,(H3,21,22)(H3,23,24,25,26). The van der Waals surface area contributed by atoms with E-state index in [1.807, 2.05) is 30.3 Å². The first-order valence-corrected chi connectivity index (χ1v) is 8.19. The number of hydrogen-bond donors (Lipinski definition) is 5. The largest absolute Gasteiger partial charge is 0.398 e. The predicted octanol–water partition coefficient (Wildman–Crippen LogP) is 2.25. The number of aromatic nitrogens is 2. The van der Waals surface area contributed by atoms with E-state index >= 15 is 0 Å². The number of nitrogens with two attached hydrogens (primary N) is 3. The van der Waals surface area contributed by atoms with Crippen molar-refractivity contribution in [2.75, 3.05) is 23.3 Å². The zero-order valence-corrected chi connectivity index (χ0v) is 14.2. The van der Waals surface area contributed by atoms with Crippen LogP contribution in [0.5, 0.6) is 0 Å². The Balaban J connectivity index is 1.77. The summed E-state index contributed by atoms with van der Waals surface area (Å²) in [7, 11) is 0. The molecule has 1 heterocycles. The molecule has 3 aromatic rings. The second kappa shape index (κ2) is 7.52. The van der Waals surface area contributed by atoms with Gasteiger partial charge in [0.25, 0.3) is 0 Å². The third kappa shape index (κ3) is 4.07. The van der Waals surface area contributed by atoms with Gasteiger partial charge in [0, 0.05) is 29.4 Å². The normalized spacial score (nSPS) is 10.5. The Morgan fingerprint density at radius 2 is 1.77 bits per heavy atom. The van der Waals surface area contributed by atoms with Crippen molar-refractivity contribution in [3.63, 3.8) is 0 Å². The van der Waals surface area contributed by atoms with E-state index in [0.29, 0.717) is 22.8 Å². The summed E-state index contributed by atoms with van der Waals surface area (Å²) in [5.74, 6) is 0.760. The Morgan fingerprint density at radius 3 is 2.46 bits per heavy atom. The number of nitrogens with zero attached hydrogens (tertiary/aromatic N) is 2. The van der Waals surface area contributed by atoms with Gasteiger partial charge in [-0.05, 0) is 24.1 Å². The first-order chi connectivity index (χ1) is 12.5. The van der Waals surface area contributed by atoms with Crippen molar-refractivity contribution >= 4 is 23.3 Å². The zero-order chi connectivity index (χ0) is 18.5. The van der Waals surface area contributed by atoms with E-state index in [4.69, 9.17) is 22.6 Å². The van der Waals surface area contributed by atoms with Gasteiger partial charge in [-0.2, -0.15) is 4.98 Å². The highest BCUT2D eigenvalue weighted by Gasteiger charge is 2.09. The summed E-state index contributed by atoms with van der Waals surface area (Å²) in [6.07, 6.45) is 0.875. The summed E-state index contributed by atoms with van der Waals surface area (Å²) in [6.45, 7) is 0.727. The molecule has 0 radical (unpaired) electrons. The van der Waals surface area contributed by atoms with Crippen LogP contribution in [-0.2, 0) is 6.42 Å². The fourth-order valence-corrected chi connectivity index (χ4v) is 2.65. The molecule has 0 unspecified atom stereocenters. The number of benzene rings is 2. The Bertz CT molecular complexity index is 922. The van der Waals surface area contributed by atoms with Gasteiger partial charge in [-0.15, -0.1) is 0 Å². The Kier molecular flexibility index (Phi) is 4.98. The van der Waals surface area contributed by atoms with E-state index in [2.05, 4.69) is 27.4 Å². The molecule has 7 nitrogen and oxygen atoms in total. The van der Waals surface area contributed by atoms with E-state index in [1.165, 1.54) is 5.56 Å². The third-order valence-corrected chi connectivity index (χ3v) is 3.94. The van der Waals surface area contributed by atoms with Gasteiger partial charge < -0.3 is 22.5 Å². The van der Waals surface area contributed by atoms with Crippen LogP contribution in [0.2, 0.25) is 0 Å². The molecule has 0 atom stereocenters. The molecule has 0 aliphatic heterocycles. The highest BCUT2D eigenvalue weighted by Crippen LogP contribution is 2.24. The van der Waals surface area contributed by atoms with Crippen molar-refractivity contribution in [3.05, 3.63) is 65.7 Å². The Hall–Kier alpha value is -3.61. The van der Waals surface area contributed by atoms with Gasteiger partial charge in [-0.25, -0.2) is 4.98 Å². The van der Waals surface area contributed by atoms with Crippen LogP contribution in [0.15, 0.2) is 54.6 Å². The average Bonchev–Trinajstić information content (AvgIpc) is 2.62. The molecule has 0 fully saturated rings. The van der Waals surface area contributed by atoms with Crippen LogP contribution in [0.3, 0.4) is 0 Å². The van der Waals surface area contributed by atoms with E-state index in [-0.39, 0.29) is 11.8 Å². The fraction of sp³-hybridized carbons (Fsp3) is 0.105. The molecule has 7 heteroatoms. The van der Waals surface area contributed by atoms with E-state index in [9.17, 15) is 0 Å². The van der Waals surface area contributed by atoms with Crippen LogP contribution in [0.25, 0.3) is 11.3 Å². The van der Waals surface area contributed by atoms with Gasteiger partial charge in [0.05, 0.1) is 5.69 Å². The van der Waals surface area contributed by atoms with Crippen LogP contribution in [0.1, 0.15) is 11.1 Å². The fourth-order valence-electron chi connectivity index (χ4n) is 2.65. The summed E-state index contributed by atoms with van der Waals surface area (Å²) in [6, 6.07) is 17.3. The lowest BCUT2D eigenvalue weighted by Crippen LogP contribution is -2.13. The van der Waals surface area contributed by atoms with Crippen LogP contribution < -0.4 is 22.5 Å². The highest BCUT2D eigenvalue weighted by molar-refractivity contribution is 6.00. The van der Waals surface area contributed by atoms with Crippen molar-refractivity contribution in [2.24, 2.45) is 5.73 Å². The monoisotopic (exact) mass is 347 g/mol. The molecule has 0 spiro atoms. The van der Waals surface area contributed by atoms with Crippen molar-refractivity contribution in [3.8, 4) is 11.3 Å². The van der Waals surface area contributed by atoms with E-state index in [1.54, 1.807) is 12.1 Å². The maximum absolute atomic E-state index is 7.51. The van der Waals surface area contributed by atoms with Gasteiger partial charge in [0.1, 0.15) is 11.7 Å². The summed E-state index contributed by atoms with van der Waals surface area (Å²) in [4.78, 5) is 8.50. The molecule has 8 N–H and O–H groups in total. The van der Waals surface area contributed by atoms with Crippen LogP contribution in [-0.4, -0.2) is 22.3 Å². The van der Waals surface area contributed by atoms with Gasteiger partial charge >= 0.3 is 0 Å². The Morgan fingerprint density at radius 1 is 1.00 bits per heavy atom. The van der Waals surface area contributed by atoms with Crippen molar-refractivity contribution in [1.29, 1.82) is 5.41 Å². The topological polar surface area (TPSA) is 140 Å². The lowest BCUT2D eigenvalue weighted by Gasteiger charge is -2.10. The number of hydrogen-bond acceptors (Lipinski definition) is 6. The van der Waals surface area contributed by atoms with Crippen LogP contribution in [0, 0.1) is 5.41 Å². The molecule has 0 aliphatic rings. The number of nitrogens with one attached hydrogen (secondary N) is 2. The minimum atomic E-state index is -0.0699. The maximum atomic E-state index is 7.51. The zero-order valence-electron chi connectivity index (χ0n) is 14.2. The first kappa shape index (κ1) is 17.2. The van der Waals surface area contributed by atoms with Gasteiger partial charge in [-0.3, -0.25) is 5.41 Å². The van der Waals surface area contributed by atoms with Crippen molar-refractivity contribution in [2.45, 2.75) is 6.42 Å².